The molecule has 2 aromatic carbocycles. The zero-order chi connectivity index (χ0) is 20.1. The van der Waals surface area contributed by atoms with Gasteiger partial charge in [-0.1, -0.05) is 18.2 Å². The minimum atomic E-state index is 0.605. The zero-order valence-electron chi connectivity index (χ0n) is 17.1. The van der Waals surface area contributed by atoms with Crippen LogP contribution in [-0.4, -0.2) is 25.0 Å². The van der Waals surface area contributed by atoms with E-state index in [-0.39, 0.29) is 0 Å². The Morgan fingerprint density at radius 2 is 1.75 bits per heavy atom. The zero-order valence-corrected chi connectivity index (χ0v) is 17.1. The Kier molecular flexibility index (Phi) is 6.04. The van der Waals surface area contributed by atoms with Gasteiger partial charge in [0, 0.05) is 22.6 Å². The van der Waals surface area contributed by atoms with Crippen LogP contribution in [0, 0.1) is 20.8 Å². The molecule has 5 heteroatoms. The molecule has 3 rings (SSSR count). The fourth-order valence-corrected chi connectivity index (χ4v) is 3.33. The summed E-state index contributed by atoms with van der Waals surface area (Å²) >= 11 is 0. The molecule has 146 valence electrons. The van der Waals surface area contributed by atoms with Crippen LogP contribution in [0.5, 0.6) is 11.5 Å². The van der Waals surface area contributed by atoms with Crippen molar-refractivity contribution < 1.29 is 9.47 Å². The van der Waals surface area contributed by atoms with Gasteiger partial charge < -0.3 is 19.5 Å². The lowest BCUT2D eigenvalue weighted by molar-refractivity contribution is 0.354. The highest BCUT2D eigenvalue weighted by Crippen LogP contribution is 2.27. The lowest BCUT2D eigenvalue weighted by Crippen LogP contribution is -2.06. The highest BCUT2D eigenvalue weighted by Gasteiger charge is 2.09. The number of hydrogen-bond donors (Lipinski definition) is 1. The van der Waals surface area contributed by atoms with Crippen LogP contribution in [0.1, 0.15) is 28.1 Å². The van der Waals surface area contributed by atoms with Crippen LogP contribution < -0.4 is 14.9 Å². The average molecular weight is 377 g/mol. The number of ether oxygens (including phenoxy) is 2. The molecular weight excluding hydrogens is 350 g/mol. The Balaban J connectivity index is 1.71. The van der Waals surface area contributed by atoms with Gasteiger partial charge in [0.1, 0.15) is 0 Å². The Bertz CT molecular complexity index is 990. The molecule has 0 amide bonds. The predicted octanol–water partition coefficient (Wildman–Crippen LogP) is 4.54. The lowest BCUT2D eigenvalue weighted by Gasteiger charge is -2.10. The molecule has 0 spiro atoms. The average Bonchev–Trinajstić information content (AvgIpc) is 2.98. The maximum absolute atomic E-state index is 5.34. The number of nitrogens with one attached hydrogen (secondary N) is 1. The summed E-state index contributed by atoms with van der Waals surface area (Å²) in [6.45, 7) is 6.94. The van der Waals surface area contributed by atoms with Gasteiger partial charge in [-0.25, -0.2) is 0 Å². The Hall–Kier alpha value is -3.21. The number of hydrogen-bond acceptors (Lipinski definition) is 4. The summed E-state index contributed by atoms with van der Waals surface area (Å²) in [4.78, 5) is 0. The van der Waals surface area contributed by atoms with Crippen LogP contribution in [0.4, 0.5) is 0 Å². The van der Waals surface area contributed by atoms with E-state index in [0.29, 0.717) is 12.3 Å². The second kappa shape index (κ2) is 8.65. The third-order valence-corrected chi connectivity index (χ3v) is 4.76. The smallest absolute Gasteiger partial charge is 0.161 e. The van der Waals surface area contributed by atoms with E-state index in [4.69, 9.17) is 9.47 Å². The van der Waals surface area contributed by atoms with Gasteiger partial charge in [-0.3, -0.25) is 0 Å². The summed E-state index contributed by atoms with van der Waals surface area (Å²) < 4.78 is 12.9. The van der Waals surface area contributed by atoms with Crippen LogP contribution in [0.2, 0.25) is 0 Å². The molecule has 1 N–H and O–H groups in total. The largest absolute Gasteiger partial charge is 0.493 e. The summed E-state index contributed by atoms with van der Waals surface area (Å²) in [5.41, 5.74) is 10.0. The molecule has 1 aromatic heterocycles. The first-order valence-corrected chi connectivity index (χ1v) is 9.26. The van der Waals surface area contributed by atoms with Crippen LogP contribution >= 0.6 is 0 Å². The van der Waals surface area contributed by atoms with E-state index in [9.17, 15) is 0 Å². The van der Waals surface area contributed by atoms with Crippen molar-refractivity contribution in [1.82, 2.24) is 9.99 Å². The first-order chi connectivity index (χ1) is 13.5. The van der Waals surface area contributed by atoms with Gasteiger partial charge in [-0.15, -0.1) is 0 Å². The predicted molar refractivity (Wildman–Crippen MR) is 114 cm³/mol. The van der Waals surface area contributed by atoms with Crippen LogP contribution in [0.3, 0.4) is 0 Å². The number of nitrogens with zero attached hydrogens (tertiary/aromatic N) is 2. The summed E-state index contributed by atoms with van der Waals surface area (Å²) in [6.07, 6.45) is 1.87. The quantitative estimate of drug-likeness (QED) is 0.486. The van der Waals surface area contributed by atoms with Crippen LogP contribution in [0.25, 0.3) is 5.69 Å². The number of aryl methyl sites for hydroxylation is 2. The van der Waals surface area contributed by atoms with Crippen LogP contribution in [0.15, 0.2) is 53.6 Å². The molecule has 28 heavy (non-hydrogen) atoms. The third-order valence-electron chi connectivity index (χ3n) is 4.76. The fourth-order valence-electron chi connectivity index (χ4n) is 3.33. The second-order valence-electron chi connectivity index (χ2n) is 6.78. The van der Waals surface area contributed by atoms with Crippen molar-refractivity contribution in [2.24, 2.45) is 5.10 Å². The third kappa shape index (κ3) is 4.19. The monoisotopic (exact) mass is 377 g/mol. The van der Waals surface area contributed by atoms with Gasteiger partial charge >= 0.3 is 0 Å². The molecule has 0 fully saturated rings. The molecule has 0 aliphatic heterocycles. The van der Waals surface area contributed by atoms with E-state index in [1.54, 1.807) is 14.2 Å². The van der Waals surface area contributed by atoms with Crippen molar-refractivity contribution in [3.05, 3.63) is 76.6 Å². The Morgan fingerprint density at radius 3 is 2.46 bits per heavy atom. The molecule has 0 aliphatic carbocycles. The van der Waals surface area contributed by atoms with E-state index >= 15 is 0 Å². The first kappa shape index (κ1) is 19.5. The van der Waals surface area contributed by atoms with E-state index in [0.717, 1.165) is 16.9 Å². The van der Waals surface area contributed by atoms with Crippen LogP contribution in [-0.2, 0) is 6.54 Å². The van der Waals surface area contributed by atoms with E-state index < -0.39 is 0 Å². The van der Waals surface area contributed by atoms with E-state index in [1.807, 2.05) is 24.4 Å². The molecule has 0 radical (unpaired) electrons. The molecular formula is C23H27N3O2. The van der Waals surface area contributed by atoms with Gasteiger partial charge in [0.15, 0.2) is 11.5 Å². The van der Waals surface area contributed by atoms with Gasteiger partial charge in [0.05, 0.1) is 27.0 Å². The maximum atomic E-state index is 5.34. The maximum Gasteiger partial charge on any atom is 0.161 e. The number of benzene rings is 2. The molecule has 0 atom stereocenters. The fraction of sp³-hybridized carbons (Fsp3) is 0.261. The minimum absolute atomic E-state index is 0.605. The first-order valence-electron chi connectivity index (χ1n) is 9.26. The van der Waals surface area contributed by atoms with Crippen molar-refractivity contribution in [2.75, 3.05) is 14.2 Å². The molecule has 5 nitrogen and oxygen atoms in total. The number of methoxy groups -OCH3 is 2. The summed E-state index contributed by atoms with van der Waals surface area (Å²) in [6, 6.07) is 16.5. The second-order valence-corrected chi connectivity index (χ2v) is 6.78. The van der Waals surface area contributed by atoms with Crippen molar-refractivity contribution >= 4 is 6.21 Å². The lowest BCUT2D eigenvalue weighted by atomic mass is 10.2. The topological polar surface area (TPSA) is 47.8 Å². The highest BCUT2D eigenvalue weighted by molar-refractivity contribution is 5.82. The normalized spacial score (nSPS) is 11.0. The van der Waals surface area contributed by atoms with Gasteiger partial charge in [-0.2, -0.15) is 5.10 Å². The Morgan fingerprint density at radius 1 is 0.964 bits per heavy atom. The highest BCUT2D eigenvalue weighted by atomic mass is 16.5. The molecule has 0 saturated carbocycles. The molecule has 0 bridgehead atoms. The molecule has 0 aliphatic rings. The van der Waals surface area contributed by atoms with Gasteiger partial charge in [0.25, 0.3) is 0 Å². The summed E-state index contributed by atoms with van der Waals surface area (Å²) in [5, 5.41) is 4.40. The number of aromatic nitrogens is 1. The number of rotatable bonds is 7. The Labute approximate surface area is 166 Å². The van der Waals surface area contributed by atoms with Crippen molar-refractivity contribution in [1.29, 1.82) is 0 Å². The molecule has 0 unspecified atom stereocenters. The van der Waals surface area contributed by atoms with Gasteiger partial charge in [-0.05, 0) is 62.2 Å². The standard InChI is InChI=1S/C23H27N3O2/c1-16-7-6-8-21(11-16)26-17(2)12-20(18(26)3)15-25-24-14-19-9-10-22(27-4)23(13-19)28-5/h6-13,15,24H,14H2,1-5H3/b25-15-. The van der Waals surface area contributed by atoms with Crippen molar-refractivity contribution in [3.63, 3.8) is 0 Å². The van der Waals surface area contributed by atoms with Crippen molar-refractivity contribution in [2.45, 2.75) is 27.3 Å². The molecule has 1 heterocycles. The minimum Gasteiger partial charge on any atom is -0.493 e. The van der Waals surface area contributed by atoms with E-state index in [1.165, 1.54) is 22.6 Å². The summed E-state index contributed by atoms with van der Waals surface area (Å²) in [5.74, 6) is 1.44. The SMILES string of the molecule is COc1ccc(CN/N=C\c2cc(C)n(-c3cccc(C)c3)c2C)cc1OC. The van der Waals surface area contributed by atoms with Crippen molar-refractivity contribution in [3.8, 4) is 17.2 Å². The number of hydrazone groups is 1. The van der Waals surface area contributed by atoms with E-state index in [2.05, 4.69) is 66.2 Å². The summed E-state index contributed by atoms with van der Waals surface area (Å²) in [7, 11) is 3.27. The molecule has 0 saturated heterocycles. The molecule has 3 aromatic rings. The van der Waals surface area contributed by atoms with Gasteiger partial charge in [0.2, 0.25) is 0 Å².